The van der Waals surface area contributed by atoms with Crippen LogP contribution in [0.15, 0.2) is 30.3 Å². The predicted molar refractivity (Wildman–Crippen MR) is 69.8 cm³/mol. The number of carboxylic acid groups (broad SMARTS) is 1. The Hall–Kier alpha value is -1.88. The maximum atomic E-state index is 12.2. The molecule has 1 fully saturated rings. The monoisotopic (exact) mass is 263 g/mol. The van der Waals surface area contributed by atoms with Crippen LogP contribution in [0.1, 0.15) is 19.3 Å². The third kappa shape index (κ3) is 3.79. The molecule has 5 heteroatoms. The minimum atomic E-state index is -0.983. The molecule has 0 aliphatic carbocycles. The number of rotatable bonds is 5. The van der Waals surface area contributed by atoms with Crippen molar-refractivity contribution in [3.63, 3.8) is 0 Å². The van der Waals surface area contributed by atoms with Crippen molar-refractivity contribution in [2.24, 2.45) is 5.92 Å². The second-order valence-electron chi connectivity index (χ2n) is 4.61. The van der Waals surface area contributed by atoms with Gasteiger partial charge in [0, 0.05) is 12.3 Å². The lowest BCUT2D eigenvalue weighted by atomic mass is 9.95. The fraction of sp³-hybridized carbons (Fsp3) is 0.429. The van der Waals surface area contributed by atoms with E-state index in [2.05, 4.69) is 5.32 Å². The van der Waals surface area contributed by atoms with Crippen molar-refractivity contribution in [1.29, 1.82) is 0 Å². The topological polar surface area (TPSA) is 75.6 Å². The van der Waals surface area contributed by atoms with Crippen LogP contribution in [0.25, 0.3) is 0 Å². The SMILES string of the molecule is O=C(O)C[C@@H](C(=O)Nc1ccccc1)[C@@H]1CCCO1. The Morgan fingerprint density at radius 3 is 2.68 bits per heavy atom. The van der Waals surface area contributed by atoms with Gasteiger partial charge in [0.25, 0.3) is 0 Å². The molecule has 1 amide bonds. The van der Waals surface area contributed by atoms with E-state index in [0.717, 1.165) is 12.8 Å². The van der Waals surface area contributed by atoms with Gasteiger partial charge in [-0.1, -0.05) is 18.2 Å². The fourth-order valence-electron chi connectivity index (χ4n) is 2.26. The third-order valence-corrected chi connectivity index (χ3v) is 3.19. The highest BCUT2D eigenvalue weighted by Crippen LogP contribution is 2.24. The van der Waals surface area contributed by atoms with E-state index in [-0.39, 0.29) is 18.4 Å². The molecule has 2 N–H and O–H groups in total. The Kier molecular flexibility index (Phi) is 4.52. The summed E-state index contributed by atoms with van der Waals surface area (Å²) in [7, 11) is 0. The van der Waals surface area contributed by atoms with Crippen molar-refractivity contribution in [3.05, 3.63) is 30.3 Å². The van der Waals surface area contributed by atoms with E-state index in [1.807, 2.05) is 18.2 Å². The van der Waals surface area contributed by atoms with Crippen LogP contribution in [0.5, 0.6) is 0 Å². The first-order chi connectivity index (χ1) is 9.16. The first-order valence-corrected chi connectivity index (χ1v) is 6.36. The van der Waals surface area contributed by atoms with Crippen molar-refractivity contribution < 1.29 is 19.4 Å². The number of benzene rings is 1. The van der Waals surface area contributed by atoms with Crippen LogP contribution < -0.4 is 5.32 Å². The summed E-state index contributed by atoms with van der Waals surface area (Å²) in [6.45, 7) is 0.597. The molecule has 0 bridgehead atoms. The number of carbonyl (C=O) groups is 2. The average Bonchev–Trinajstić information content (AvgIpc) is 2.90. The Morgan fingerprint density at radius 1 is 1.37 bits per heavy atom. The first-order valence-electron chi connectivity index (χ1n) is 6.36. The summed E-state index contributed by atoms with van der Waals surface area (Å²) in [6, 6.07) is 9.02. The van der Waals surface area contributed by atoms with Crippen molar-refractivity contribution in [1.82, 2.24) is 0 Å². The maximum absolute atomic E-state index is 12.2. The van der Waals surface area contributed by atoms with E-state index in [9.17, 15) is 9.59 Å². The van der Waals surface area contributed by atoms with Crippen LogP contribution in [0.3, 0.4) is 0 Å². The number of anilines is 1. The van der Waals surface area contributed by atoms with Crippen LogP contribution >= 0.6 is 0 Å². The van der Waals surface area contributed by atoms with Crippen LogP contribution in [0.4, 0.5) is 5.69 Å². The number of aliphatic carboxylic acids is 1. The van der Waals surface area contributed by atoms with Gasteiger partial charge in [-0.05, 0) is 25.0 Å². The van der Waals surface area contributed by atoms with E-state index in [1.165, 1.54) is 0 Å². The molecule has 0 saturated carbocycles. The Morgan fingerprint density at radius 2 is 2.11 bits per heavy atom. The standard InChI is InChI=1S/C14H17NO4/c16-13(17)9-11(12-7-4-8-19-12)14(18)15-10-5-2-1-3-6-10/h1-3,5-6,11-12H,4,7-9H2,(H,15,18)(H,16,17)/t11-,12+/m1/s1. The zero-order valence-corrected chi connectivity index (χ0v) is 10.5. The van der Waals surface area contributed by atoms with Gasteiger partial charge in [0.2, 0.25) is 5.91 Å². The Labute approximate surface area is 111 Å². The highest BCUT2D eigenvalue weighted by molar-refractivity contribution is 5.94. The van der Waals surface area contributed by atoms with Gasteiger partial charge in [0.15, 0.2) is 0 Å². The number of ether oxygens (including phenoxy) is 1. The summed E-state index contributed by atoms with van der Waals surface area (Å²) >= 11 is 0. The molecule has 0 unspecified atom stereocenters. The summed E-state index contributed by atoms with van der Waals surface area (Å²) in [5.74, 6) is -1.91. The largest absolute Gasteiger partial charge is 0.481 e. The van der Waals surface area contributed by atoms with E-state index in [0.29, 0.717) is 12.3 Å². The molecule has 1 aliphatic heterocycles. The van der Waals surface area contributed by atoms with Crippen molar-refractivity contribution in [2.45, 2.75) is 25.4 Å². The highest BCUT2D eigenvalue weighted by Gasteiger charge is 2.33. The van der Waals surface area contributed by atoms with Crippen molar-refractivity contribution in [2.75, 3.05) is 11.9 Å². The van der Waals surface area contributed by atoms with Gasteiger partial charge in [-0.15, -0.1) is 0 Å². The molecular weight excluding hydrogens is 246 g/mol. The van der Waals surface area contributed by atoms with Gasteiger partial charge in [-0.25, -0.2) is 0 Å². The molecule has 0 aromatic heterocycles. The molecule has 5 nitrogen and oxygen atoms in total. The van der Waals surface area contributed by atoms with Crippen molar-refractivity contribution >= 4 is 17.6 Å². The van der Waals surface area contributed by atoms with Crippen LogP contribution in [0, 0.1) is 5.92 Å². The van der Waals surface area contributed by atoms with Crippen LogP contribution in [-0.4, -0.2) is 29.7 Å². The Balaban J connectivity index is 2.04. The van der Waals surface area contributed by atoms with E-state index in [1.54, 1.807) is 12.1 Å². The first kappa shape index (κ1) is 13.5. The Bertz CT molecular complexity index is 440. The lowest BCUT2D eigenvalue weighted by Gasteiger charge is -2.20. The quantitative estimate of drug-likeness (QED) is 0.850. The van der Waals surface area contributed by atoms with Gasteiger partial charge in [-0.2, -0.15) is 0 Å². The number of amides is 1. The zero-order chi connectivity index (χ0) is 13.7. The number of para-hydroxylation sites is 1. The third-order valence-electron chi connectivity index (χ3n) is 3.19. The lowest BCUT2D eigenvalue weighted by Crippen LogP contribution is -2.34. The molecule has 19 heavy (non-hydrogen) atoms. The van der Waals surface area contributed by atoms with Crippen molar-refractivity contribution in [3.8, 4) is 0 Å². The normalized spacial score (nSPS) is 19.9. The molecule has 102 valence electrons. The minimum Gasteiger partial charge on any atom is -0.481 e. The number of carbonyl (C=O) groups excluding carboxylic acids is 1. The summed E-state index contributed by atoms with van der Waals surface area (Å²) in [5, 5.41) is 11.7. The fourth-order valence-corrected chi connectivity index (χ4v) is 2.26. The van der Waals surface area contributed by atoms with E-state index in [4.69, 9.17) is 9.84 Å². The molecule has 1 aromatic rings. The van der Waals surface area contributed by atoms with Gasteiger partial charge in [-0.3, -0.25) is 9.59 Å². The molecule has 2 atom stereocenters. The second-order valence-corrected chi connectivity index (χ2v) is 4.61. The number of carboxylic acids is 1. The minimum absolute atomic E-state index is 0.205. The molecule has 0 spiro atoms. The van der Waals surface area contributed by atoms with Gasteiger partial charge in [0.1, 0.15) is 0 Å². The number of hydrogen-bond donors (Lipinski definition) is 2. The molecule has 1 saturated heterocycles. The number of nitrogens with one attached hydrogen (secondary N) is 1. The molecule has 0 radical (unpaired) electrons. The molecule has 1 aromatic carbocycles. The lowest BCUT2D eigenvalue weighted by molar-refractivity contribution is -0.142. The molecular formula is C14H17NO4. The van der Waals surface area contributed by atoms with Gasteiger partial charge < -0.3 is 15.2 Å². The smallest absolute Gasteiger partial charge is 0.304 e. The summed E-state index contributed by atoms with van der Waals surface area (Å²) in [6.07, 6.45) is 1.11. The van der Waals surface area contributed by atoms with Gasteiger partial charge >= 0.3 is 5.97 Å². The summed E-state index contributed by atoms with van der Waals surface area (Å²) < 4.78 is 5.45. The second kappa shape index (κ2) is 6.33. The molecule has 2 rings (SSSR count). The zero-order valence-electron chi connectivity index (χ0n) is 10.5. The average molecular weight is 263 g/mol. The summed E-state index contributed by atoms with van der Waals surface area (Å²) in [5.41, 5.74) is 0.667. The van der Waals surface area contributed by atoms with Gasteiger partial charge in [0.05, 0.1) is 18.4 Å². The predicted octanol–water partition coefficient (Wildman–Crippen LogP) is 1.90. The number of hydrogen-bond acceptors (Lipinski definition) is 3. The van der Waals surface area contributed by atoms with Crippen LogP contribution in [0.2, 0.25) is 0 Å². The molecule has 1 heterocycles. The highest BCUT2D eigenvalue weighted by atomic mass is 16.5. The molecule has 1 aliphatic rings. The maximum Gasteiger partial charge on any atom is 0.304 e. The van der Waals surface area contributed by atoms with E-state index < -0.39 is 11.9 Å². The summed E-state index contributed by atoms with van der Waals surface area (Å²) in [4.78, 5) is 23.1. The van der Waals surface area contributed by atoms with Crippen LogP contribution in [-0.2, 0) is 14.3 Å². The van der Waals surface area contributed by atoms with E-state index >= 15 is 0 Å².